The molecule has 0 bridgehead atoms. The summed E-state index contributed by atoms with van der Waals surface area (Å²) >= 11 is 6.04. The summed E-state index contributed by atoms with van der Waals surface area (Å²) in [5, 5.41) is 17.6. The maximum absolute atomic E-state index is 12.8. The van der Waals surface area contributed by atoms with Gasteiger partial charge in [0.25, 0.3) is 0 Å². The number of rotatable bonds is 3. The SMILES string of the molecule is Cl.O=C1CNC(C(=O)N2CCN(c3nnc(-c4ccc(Cl)cc4)c4ccccc34)CC2)CN1. The van der Waals surface area contributed by atoms with Crippen molar-refractivity contribution in [1.82, 2.24) is 25.7 Å². The molecule has 2 aliphatic rings. The summed E-state index contributed by atoms with van der Waals surface area (Å²) in [6, 6.07) is 15.4. The molecule has 3 heterocycles. The number of nitrogens with zero attached hydrogens (tertiary/aromatic N) is 4. The van der Waals surface area contributed by atoms with Gasteiger partial charge in [-0.25, -0.2) is 0 Å². The van der Waals surface area contributed by atoms with Gasteiger partial charge in [0.05, 0.1) is 6.54 Å². The Kier molecular flexibility index (Phi) is 6.97. The molecule has 3 aromatic rings. The number of nitrogens with one attached hydrogen (secondary N) is 2. The van der Waals surface area contributed by atoms with Crippen molar-refractivity contribution in [2.24, 2.45) is 0 Å². The molecule has 2 aliphatic heterocycles. The van der Waals surface area contributed by atoms with E-state index in [9.17, 15) is 9.59 Å². The number of anilines is 1. The lowest BCUT2D eigenvalue weighted by molar-refractivity contribution is -0.135. The van der Waals surface area contributed by atoms with Gasteiger partial charge in [-0.05, 0) is 12.1 Å². The Labute approximate surface area is 202 Å². The Morgan fingerprint density at radius 2 is 1.67 bits per heavy atom. The number of hydrogen-bond acceptors (Lipinski definition) is 6. The van der Waals surface area contributed by atoms with Crippen molar-refractivity contribution in [2.45, 2.75) is 6.04 Å². The van der Waals surface area contributed by atoms with Crippen molar-refractivity contribution in [2.75, 3.05) is 44.2 Å². The van der Waals surface area contributed by atoms with E-state index in [1.807, 2.05) is 41.3 Å². The standard InChI is InChI=1S/C23H23ClN6O2.ClH/c24-16-7-5-15(6-8-16)21-17-3-1-2-4-18(17)22(28-27-21)29-9-11-30(12-10-29)23(32)19-13-26-20(31)14-25-19;/h1-8,19,25H,9-14H2,(H,26,31);1H. The molecule has 0 aliphatic carbocycles. The quantitative estimate of drug-likeness (QED) is 0.589. The molecule has 2 N–H and O–H groups in total. The first kappa shape index (κ1) is 23.2. The minimum Gasteiger partial charge on any atom is -0.353 e. The number of hydrogen-bond donors (Lipinski definition) is 2. The highest BCUT2D eigenvalue weighted by Gasteiger charge is 2.30. The predicted octanol–water partition coefficient (Wildman–Crippen LogP) is 2.11. The number of benzene rings is 2. The molecule has 2 saturated heterocycles. The van der Waals surface area contributed by atoms with E-state index in [0.29, 0.717) is 37.7 Å². The van der Waals surface area contributed by atoms with E-state index in [2.05, 4.69) is 37.9 Å². The van der Waals surface area contributed by atoms with Crippen LogP contribution >= 0.6 is 24.0 Å². The monoisotopic (exact) mass is 486 g/mol. The summed E-state index contributed by atoms with van der Waals surface area (Å²) in [7, 11) is 0. The van der Waals surface area contributed by atoms with Gasteiger partial charge in [-0.1, -0.05) is 48.0 Å². The van der Waals surface area contributed by atoms with Crippen molar-refractivity contribution in [3.63, 3.8) is 0 Å². The first-order valence-electron chi connectivity index (χ1n) is 10.7. The van der Waals surface area contributed by atoms with Crippen LogP contribution in [0.3, 0.4) is 0 Å². The highest BCUT2D eigenvalue weighted by molar-refractivity contribution is 6.30. The molecule has 0 radical (unpaired) electrons. The molecule has 10 heteroatoms. The van der Waals surface area contributed by atoms with Gasteiger partial charge in [0.1, 0.15) is 11.7 Å². The summed E-state index contributed by atoms with van der Waals surface area (Å²) in [6.07, 6.45) is 0. The van der Waals surface area contributed by atoms with Crippen LogP contribution in [0.5, 0.6) is 0 Å². The molecule has 172 valence electrons. The van der Waals surface area contributed by atoms with Gasteiger partial charge in [0.15, 0.2) is 5.82 Å². The van der Waals surface area contributed by atoms with Crippen molar-refractivity contribution in [1.29, 1.82) is 0 Å². The summed E-state index contributed by atoms with van der Waals surface area (Å²) in [6.45, 7) is 3.05. The molecule has 2 amide bonds. The number of carbonyl (C=O) groups is 2. The van der Waals surface area contributed by atoms with Gasteiger partial charge in [0.2, 0.25) is 11.8 Å². The van der Waals surface area contributed by atoms with Crippen LogP contribution in [-0.2, 0) is 9.59 Å². The van der Waals surface area contributed by atoms with Gasteiger partial charge in [0, 0.05) is 54.1 Å². The molecule has 1 atom stereocenters. The van der Waals surface area contributed by atoms with Gasteiger partial charge < -0.3 is 15.1 Å². The number of aromatic nitrogens is 2. The molecule has 1 aromatic heterocycles. The number of piperazine rings is 2. The van der Waals surface area contributed by atoms with Crippen molar-refractivity contribution < 1.29 is 9.59 Å². The van der Waals surface area contributed by atoms with Crippen LogP contribution in [0.4, 0.5) is 5.82 Å². The zero-order chi connectivity index (χ0) is 22.1. The molecule has 0 saturated carbocycles. The molecule has 2 aromatic carbocycles. The second-order valence-electron chi connectivity index (χ2n) is 7.97. The van der Waals surface area contributed by atoms with E-state index < -0.39 is 0 Å². The topological polar surface area (TPSA) is 90.5 Å². The number of halogens is 2. The number of amides is 2. The molecule has 8 nitrogen and oxygen atoms in total. The molecular formula is C23H24Cl2N6O2. The second kappa shape index (κ2) is 9.91. The molecule has 0 spiro atoms. The highest BCUT2D eigenvalue weighted by atomic mass is 35.5. The fourth-order valence-electron chi connectivity index (χ4n) is 4.24. The third-order valence-electron chi connectivity index (χ3n) is 5.99. The molecule has 5 rings (SSSR count). The van der Waals surface area contributed by atoms with Crippen LogP contribution in [0.1, 0.15) is 0 Å². The normalized spacial score (nSPS) is 18.6. The van der Waals surface area contributed by atoms with Crippen LogP contribution in [-0.4, -0.2) is 72.2 Å². The fourth-order valence-corrected chi connectivity index (χ4v) is 4.37. The van der Waals surface area contributed by atoms with Gasteiger partial charge >= 0.3 is 0 Å². The van der Waals surface area contributed by atoms with Crippen molar-refractivity contribution in [3.8, 4) is 11.3 Å². The summed E-state index contributed by atoms with van der Waals surface area (Å²) in [4.78, 5) is 28.1. The summed E-state index contributed by atoms with van der Waals surface area (Å²) in [5.41, 5.74) is 1.78. The van der Waals surface area contributed by atoms with Crippen molar-refractivity contribution in [3.05, 3.63) is 53.6 Å². The summed E-state index contributed by atoms with van der Waals surface area (Å²) < 4.78 is 0. The average Bonchev–Trinajstić information content (AvgIpc) is 2.84. The van der Waals surface area contributed by atoms with Crippen LogP contribution in [0, 0.1) is 0 Å². The van der Waals surface area contributed by atoms with Crippen molar-refractivity contribution >= 4 is 52.4 Å². The second-order valence-corrected chi connectivity index (χ2v) is 8.41. The summed E-state index contributed by atoms with van der Waals surface area (Å²) in [5.74, 6) is 0.776. The van der Waals surface area contributed by atoms with Crippen LogP contribution in [0.15, 0.2) is 48.5 Å². The first-order chi connectivity index (χ1) is 15.6. The maximum atomic E-state index is 12.8. The highest BCUT2D eigenvalue weighted by Crippen LogP contribution is 2.32. The Hall–Kier alpha value is -2.94. The first-order valence-corrected chi connectivity index (χ1v) is 11.0. The minimum atomic E-state index is -0.362. The Balaban J connectivity index is 0.00000259. The predicted molar refractivity (Wildman–Crippen MR) is 131 cm³/mol. The molecule has 33 heavy (non-hydrogen) atoms. The van der Waals surface area contributed by atoms with E-state index in [1.165, 1.54) is 0 Å². The maximum Gasteiger partial charge on any atom is 0.241 e. The third kappa shape index (κ3) is 4.73. The molecule has 2 fully saturated rings. The lowest BCUT2D eigenvalue weighted by atomic mass is 10.0. The van der Waals surface area contributed by atoms with E-state index in [-0.39, 0.29) is 36.8 Å². The van der Waals surface area contributed by atoms with Crippen LogP contribution < -0.4 is 15.5 Å². The minimum absolute atomic E-state index is 0. The lowest BCUT2D eigenvalue weighted by Crippen LogP contribution is -2.61. The lowest BCUT2D eigenvalue weighted by Gasteiger charge is -2.38. The zero-order valence-corrected chi connectivity index (χ0v) is 19.4. The molecular weight excluding hydrogens is 463 g/mol. The largest absolute Gasteiger partial charge is 0.353 e. The Morgan fingerprint density at radius 1 is 0.970 bits per heavy atom. The smallest absolute Gasteiger partial charge is 0.241 e. The zero-order valence-electron chi connectivity index (χ0n) is 17.8. The number of fused-ring (bicyclic) bond motifs is 1. The van der Waals surface area contributed by atoms with Crippen LogP contribution in [0.25, 0.3) is 22.0 Å². The Bertz CT molecular complexity index is 1160. The van der Waals surface area contributed by atoms with Gasteiger partial charge in [-0.2, -0.15) is 0 Å². The van der Waals surface area contributed by atoms with Gasteiger partial charge in [-0.3, -0.25) is 14.9 Å². The molecule has 1 unspecified atom stereocenters. The van der Waals surface area contributed by atoms with E-state index in [4.69, 9.17) is 11.6 Å². The van der Waals surface area contributed by atoms with Crippen LogP contribution in [0.2, 0.25) is 5.02 Å². The van der Waals surface area contributed by atoms with E-state index >= 15 is 0 Å². The third-order valence-corrected chi connectivity index (χ3v) is 6.24. The fraction of sp³-hybridized carbons (Fsp3) is 0.304. The average molecular weight is 487 g/mol. The van der Waals surface area contributed by atoms with Gasteiger partial charge in [-0.15, -0.1) is 22.6 Å². The number of carbonyl (C=O) groups excluding carboxylic acids is 2. The van der Waals surface area contributed by atoms with E-state index in [1.54, 1.807) is 0 Å². The Morgan fingerprint density at radius 3 is 2.33 bits per heavy atom. The van der Waals surface area contributed by atoms with E-state index in [0.717, 1.165) is 27.8 Å².